The Morgan fingerprint density at radius 3 is 2.14 bits per heavy atom. The van der Waals surface area contributed by atoms with Crippen molar-refractivity contribution >= 4 is 5.69 Å². The van der Waals surface area contributed by atoms with E-state index < -0.39 is 4.92 Å². The van der Waals surface area contributed by atoms with Crippen molar-refractivity contribution in [3.05, 3.63) is 87.2 Å². The summed E-state index contributed by atoms with van der Waals surface area (Å²) in [6.45, 7) is 0. The van der Waals surface area contributed by atoms with Crippen molar-refractivity contribution in [2.24, 2.45) is 0 Å². The molecule has 0 saturated carbocycles. The molecule has 5 heteroatoms. The fraction of sp³-hybridized carbons (Fsp3) is 0. The Bertz CT molecular complexity index is 868. The smallest absolute Gasteiger partial charge is 0.269 e. The number of nitro groups is 1. The van der Waals surface area contributed by atoms with E-state index >= 15 is 0 Å². The maximum atomic E-state index is 11.9. The third kappa shape index (κ3) is 2.78. The first-order chi connectivity index (χ1) is 10.6. The lowest BCUT2D eigenvalue weighted by atomic mass is 10.0. The van der Waals surface area contributed by atoms with Gasteiger partial charge in [0.05, 0.1) is 4.92 Å². The molecule has 0 saturated heterocycles. The minimum Gasteiger partial charge on any atom is -0.322 e. The third-order valence-corrected chi connectivity index (χ3v) is 3.34. The Morgan fingerprint density at radius 1 is 0.818 bits per heavy atom. The predicted octanol–water partition coefficient (Wildman–Crippen LogP) is 3.62. The van der Waals surface area contributed by atoms with Crippen molar-refractivity contribution < 1.29 is 4.92 Å². The number of H-pyrrole nitrogens is 1. The van der Waals surface area contributed by atoms with E-state index in [0.29, 0.717) is 5.69 Å². The van der Waals surface area contributed by atoms with Crippen LogP contribution >= 0.6 is 0 Å². The van der Waals surface area contributed by atoms with Crippen molar-refractivity contribution in [1.82, 2.24) is 4.98 Å². The van der Waals surface area contributed by atoms with Gasteiger partial charge >= 0.3 is 0 Å². The van der Waals surface area contributed by atoms with Crippen LogP contribution < -0.4 is 5.56 Å². The van der Waals surface area contributed by atoms with E-state index in [1.807, 2.05) is 36.4 Å². The molecule has 2 aromatic carbocycles. The number of benzene rings is 2. The van der Waals surface area contributed by atoms with Gasteiger partial charge in [0.25, 0.3) is 5.69 Å². The minimum atomic E-state index is -0.447. The number of hydrogen-bond donors (Lipinski definition) is 1. The number of rotatable bonds is 3. The third-order valence-electron chi connectivity index (χ3n) is 3.34. The van der Waals surface area contributed by atoms with Crippen LogP contribution in [0.1, 0.15) is 0 Å². The molecule has 0 fully saturated rings. The van der Waals surface area contributed by atoms with Crippen molar-refractivity contribution in [3.8, 4) is 22.4 Å². The molecule has 0 aliphatic heterocycles. The molecule has 1 aromatic heterocycles. The average Bonchev–Trinajstić information content (AvgIpc) is 2.55. The van der Waals surface area contributed by atoms with Crippen molar-refractivity contribution in [2.45, 2.75) is 0 Å². The molecular weight excluding hydrogens is 280 g/mol. The Balaban J connectivity index is 2.06. The molecule has 22 heavy (non-hydrogen) atoms. The molecule has 0 unspecified atom stereocenters. The average molecular weight is 292 g/mol. The number of hydrogen-bond acceptors (Lipinski definition) is 3. The topological polar surface area (TPSA) is 76.0 Å². The zero-order valence-corrected chi connectivity index (χ0v) is 11.5. The van der Waals surface area contributed by atoms with Gasteiger partial charge in [-0.2, -0.15) is 0 Å². The Labute approximate surface area is 126 Å². The van der Waals surface area contributed by atoms with Crippen LogP contribution in [-0.2, 0) is 0 Å². The predicted molar refractivity (Wildman–Crippen MR) is 84.6 cm³/mol. The summed E-state index contributed by atoms with van der Waals surface area (Å²) in [5.41, 5.74) is 2.91. The second-order valence-electron chi connectivity index (χ2n) is 4.82. The summed E-state index contributed by atoms with van der Waals surface area (Å²) in [4.78, 5) is 24.9. The molecule has 0 amide bonds. The van der Waals surface area contributed by atoms with Crippen molar-refractivity contribution in [3.63, 3.8) is 0 Å². The molecule has 1 heterocycles. The van der Waals surface area contributed by atoms with E-state index in [9.17, 15) is 14.9 Å². The first-order valence-corrected chi connectivity index (χ1v) is 6.68. The molecule has 0 aliphatic carbocycles. The molecule has 0 bridgehead atoms. The van der Waals surface area contributed by atoms with Crippen LogP contribution in [0.15, 0.2) is 71.5 Å². The molecule has 0 aliphatic rings. The largest absolute Gasteiger partial charge is 0.322 e. The van der Waals surface area contributed by atoms with Gasteiger partial charge in [0.15, 0.2) is 0 Å². The maximum absolute atomic E-state index is 11.9. The second kappa shape index (κ2) is 5.65. The fourth-order valence-electron chi connectivity index (χ4n) is 2.26. The summed E-state index contributed by atoms with van der Waals surface area (Å²) in [6.07, 6.45) is 0. The molecule has 1 N–H and O–H groups in total. The van der Waals surface area contributed by atoms with Gasteiger partial charge in [0, 0.05) is 23.9 Å². The van der Waals surface area contributed by atoms with E-state index in [1.54, 1.807) is 12.1 Å². The van der Waals surface area contributed by atoms with Crippen LogP contribution in [0.2, 0.25) is 0 Å². The van der Waals surface area contributed by atoms with E-state index in [-0.39, 0.29) is 11.2 Å². The quantitative estimate of drug-likeness (QED) is 0.591. The second-order valence-corrected chi connectivity index (χ2v) is 4.82. The number of nitrogens with one attached hydrogen (secondary N) is 1. The van der Waals surface area contributed by atoms with E-state index in [1.165, 1.54) is 18.2 Å². The highest BCUT2D eigenvalue weighted by atomic mass is 16.6. The highest BCUT2D eigenvalue weighted by Crippen LogP contribution is 2.24. The zero-order valence-electron chi connectivity index (χ0n) is 11.5. The standard InChI is InChI=1S/C17H12N2O3/c20-17-11-14(12-6-8-15(9-7-12)19(21)22)10-16(18-17)13-4-2-1-3-5-13/h1-11H,(H,18,20). The monoisotopic (exact) mass is 292 g/mol. The van der Waals surface area contributed by atoms with E-state index in [2.05, 4.69) is 4.98 Å². The molecule has 108 valence electrons. The van der Waals surface area contributed by atoms with Crippen molar-refractivity contribution in [2.75, 3.05) is 0 Å². The summed E-state index contributed by atoms with van der Waals surface area (Å²) in [5.74, 6) is 0. The summed E-state index contributed by atoms with van der Waals surface area (Å²) < 4.78 is 0. The SMILES string of the molecule is O=c1cc(-c2ccc([N+](=O)[O-])cc2)cc(-c2ccccc2)[nH]1. The van der Waals surface area contributed by atoms with Gasteiger partial charge in [0.2, 0.25) is 5.56 Å². The Hall–Kier alpha value is -3.21. The molecule has 5 nitrogen and oxygen atoms in total. The van der Waals surface area contributed by atoms with Crippen molar-refractivity contribution in [1.29, 1.82) is 0 Å². The fourth-order valence-corrected chi connectivity index (χ4v) is 2.26. The Kier molecular flexibility index (Phi) is 3.53. The van der Waals surface area contributed by atoms with Gasteiger partial charge < -0.3 is 4.98 Å². The molecule has 3 aromatic rings. The molecule has 3 rings (SSSR count). The van der Waals surface area contributed by atoms with Gasteiger partial charge in [-0.05, 0) is 34.9 Å². The number of pyridine rings is 1. The van der Waals surface area contributed by atoms with Gasteiger partial charge in [-0.25, -0.2) is 0 Å². The molecular formula is C17H12N2O3. The van der Waals surface area contributed by atoms with Crippen LogP contribution in [-0.4, -0.2) is 9.91 Å². The van der Waals surface area contributed by atoms with Crippen LogP contribution in [0.5, 0.6) is 0 Å². The van der Waals surface area contributed by atoms with E-state index in [0.717, 1.165) is 16.7 Å². The van der Waals surface area contributed by atoms with Crippen LogP contribution in [0.3, 0.4) is 0 Å². The lowest BCUT2D eigenvalue weighted by Gasteiger charge is -2.05. The summed E-state index contributed by atoms with van der Waals surface area (Å²) in [5, 5.41) is 10.7. The normalized spacial score (nSPS) is 10.4. The van der Waals surface area contributed by atoms with Gasteiger partial charge in [-0.15, -0.1) is 0 Å². The first kappa shape index (κ1) is 13.8. The Morgan fingerprint density at radius 2 is 1.50 bits per heavy atom. The highest BCUT2D eigenvalue weighted by molar-refractivity contribution is 5.70. The summed E-state index contributed by atoms with van der Waals surface area (Å²) in [7, 11) is 0. The van der Waals surface area contributed by atoms with Gasteiger partial charge in [-0.1, -0.05) is 30.3 Å². The molecule has 0 spiro atoms. The first-order valence-electron chi connectivity index (χ1n) is 6.68. The molecule has 0 atom stereocenters. The minimum absolute atomic E-state index is 0.0249. The van der Waals surface area contributed by atoms with Gasteiger partial charge in [0.1, 0.15) is 0 Å². The number of aromatic nitrogens is 1. The number of nitro benzene ring substituents is 1. The highest BCUT2D eigenvalue weighted by Gasteiger charge is 2.07. The molecule has 0 radical (unpaired) electrons. The number of nitrogens with zero attached hydrogens (tertiary/aromatic N) is 1. The summed E-state index contributed by atoms with van der Waals surface area (Å²) in [6, 6.07) is 19.0. The van der Waals surface area contributed by atoms with Crippen LogP contribution in [0.25, 0.3) is 22.4 Å². The lowest BCUT2D eigenvalue weighted by molar-refractivity contribution is -0.384. The summed E-state index contributed by atoms with van der Waals surface area (Å²) >= 11 is 0. The van der Waals surface area contributed by atoms with Crippen LogP contribution in [0.4, 0.5) is 5.69 Å². The number of non-ortho nitro benzene ring substituents is 1. The van der Waals surface area contributed by atoms with E-state index in [4.69, 9.17) is 0 Å². The zero-order chi connectivity index (χ0) is 15.5. The number of aromatic amines is 1. The maximum Gasteiger partial charge on any atom is 0.269 e. The van der Waals surface area contributed by atoms with Gasteiger partial charge in [-0.3, -0.25) is 14.9 Å². The van der Waals surface area contributed by atoms with Crippen LogP contribution in [0, 0.1) is 10.1 Å². The lowest BCUT2D eigenvalue weighted by Crippen LogP contribution is -2.05.